The van der Waals surface area contributed by atoms with Gasteiger partial charge in [-0.2, -0.15) is 0 Å². The Hall–Kier alpha value is -0.770. The van der Waals surface area contributed by atoms with Gasteiger partial charge in [-0.25, -0.2) is 0 Å². The molecule has 0 radical (unpaired) electrons. The fourth-order valence-corrected chi connectivity index (χ4v) is 2.92. The van der Waals surface area contributed by atoms with Gasteiger partial charge in [0, 0.05) is 31.3 Å². The molecule has 2 rings (SSSR count). The minimum Gasteiger partial charge on any atom is -0.396 e. The standard InChI is InChI=1S/C14H21ClN2O/c1-14(2)10-17(9-11(16-14)7-8-18)13-6-4-3-5-12(13)15/h3-6,11,16,18H,7-10H2,1-2H3. The van der Waals surface area contributed by atoms with Crippen LogP contribution in [0.4, 0.5) is 5.69 Å². The third-order valence-electron chi connectivity index (χ3n) is 3.29. The SMILES string of the molecule is CC1(C)CN(c2ccccc2Cl)CC(CCO)N1. The van der Waals surface area contributed by atoms with Crippen molar-refractivity contribution >= 4 is 17.3 Å². The van der Waals surface area contributed by atoms with Gasteiger partial charge in [-0.15, -0.1) is 0 Å². The van der Waals surface area contributed by atoms with E-state index in [0.29, 0.717) is 6.04 Å². The van der Waals surface area contributed by atoms with Gasteiger partial charge in [0.2, 0.25) is 0 Å². The molecule has 2 N–H and O–H groups in total. The Bertz CT molecular complexity index is 409. The molecule has 1 atom stereocenters. The lowest BCUT2D eigenvalue weighted by Gasteiger charge is -2.45. The van der Waals surface area contributed by atoms with Crippen LogP contribution in [0.15, 0.2) is 24.3 Å². The van der Waals surface area contributed by atoms with Crippen molar-refractivity contribution in [2.24, 2.45) is 0 Å². The first kappa shape index (κ1) is 13.7. The summed E-state index contributed by atoms with van der Waals surface area (Å²) in [6.07, 6.45) is 0.768. The van der Waals surface area contributed by atoms with E-state index in [1.165, 1.54) is 0 Å². The number of nitrogens with one attached hydrogen (secondary N) is 1. The van der Waals surface area contributed by atoms with E-state index in [0.717, 1.165) is 30.2 Å². The van der Waals surface area contributed by atoms with Gasteiger partial charge in [-0.05, 0) is 32.4 Å². The number of aliphatic hydroxyl groups excluding tert-OH is 1. The Morgan fingerprint density at radius 1 is 1.44 bits per heavy atom. The van der Waals surface area contributed by atoms with Gasteiger partial charge in [-0.3, -0.25) is 0 Å². The van der Waals surface area contributed by atoms with E-state index in [9.17, 15) is 0 Å². The van der Waals surface area contributed by atoms with Crippen molar-refractivity contribution in [3.63, 3.8) is 0 Å². The first-order chi connectivity index (χ1) is 8.52. The van der Waals surface area contributed by atoms with Crippen LogP contribution in [0, 0.1) is 0 Å². The molecule has 0 spiro atoms. The molecule has 0 amide bonds. The number of para-hydroxylation sites is 1. The molecule has 3 nitrogen and oxygen atoms in total. The lowest BCUT2D eigenvalue weighted by atomic mass is 9.96. The highest BCUT2D eigenvalue weighted by molar-refractivity contribution is 6.33. The number of benzene rings is 1. The second-order valence-corrected chi connectivity index (χ2v) is 5.98. The predicted molar refractivity (Wildman–Crippen MR) is 76.4 cm³/mol. The van der Waals surface area contributed by atoms with Gasteiger partial charge in [0.25, 0.3) is 0 Å². The number of aliphatic hydroxyl groups is 1. The Labute approximate surface area is 114 Å². The Kier molecular flexibility index (Phi) is 4.15. The van der Waals surface area contributed by atoms with Crippen LogP contribution >= 0.6 is 11.6 Å². The summed E-state index contributed by atoms with van der Waals surface area (Å²) in [7, 11) is 0. The molecule has 0 saturated carbocycles. The van der Waals surface area contributed by atoms with Crippen LogP contribution in [0.5, 0.6) is 0 Å². The van der Waals surface area contributed by atoms with Crippen LogP contribution in [-0.4, -0.2) is 36.4 Å². The van der Waals surface area contributed by atoms with Crippen LogP contribution in [0.3, 0.4) is 0 Å². The van der Waals surface area contributed by atoms with Crippen molar-refractivity contribution in [2.75, 3.05) is 24.6 Å². The minimum absolute atomic E-state index is 0.0251. The van der Waals surface area contributed by atoms with E-state index in [1.54, 1.807) is 0 Å². The fraction of sp³-hybridized carbons (Fsp3) is 0.571. The molecule has 0 aromatic heterocycles. The Morgan fingerprint density at radius 3 is 2.83 bits per heavy atom. The summed E-state index contributed by atoms with van der Waals surface area (Å²) in [5.74, 6) is 0. The molecule has 1 aliphatic rings. The van der Waals surface area contributed by atoms with Crippen molar-refractivity contribution in [2.45, 2.75) is 31.8 Å². The average molecular weight is 269 g/mol. The predicted octanol–water partition coefficient (Wildman–Crippen LogP) is 2.28. The summed E-state index contributed by atoms with van der Waals surface area (Å²) in [5.41, 5.74) is 1.11. The maximum Gasteiger partial charge on any atom is 0.0639 e. The van der Waals surface area contributed by atoms with Crippen molar-refractivity contribution in [1.82, 2.24) is 5.32 Å². The molecule has 4 heteroatoms. The van der Waals surface area contributed by atoms with Gasteiger partial charge in [0.1, 0.15) is 0 Å². The second kappa shape index (κ2) is 5.47. The number of nitrogens with zero attached hydrogens (tertiary/aromatic N) is 1. The summed E-state index contributed by atoms with van der Waals surface area (Å²) in [6.45, 7) is 6.37. The minimum atomic E-state index is 0.0251. The molecule has 1 fully saturated rings. The van der Waals surface area contributed by atoms with E-state index < -0.39 is 0 Å². The molecule has 0 aliphatic carbocycles. The summed E-state index contributed by atoms with van der Waals surface area (Å²) in [5, 5.41) is 13.5. The molecule has 0 bridgehead atoms. The van der Waals surface area contributed by atoms with Crippen LogP contribution < -0.4 is 10.2 Å². The lowest BCUT2D eigenvalue weighted by Crippen LogP contribution is -2.62. The summed E-state index contributed by atoms with van der Waals surface area (Å²) < 4.78 is 0. The molecule has 1 aliphatic heterocycles. The molecule has 18 heavy (non-hydrogen) atoms. The van der Waals surface area contributed by atoms with E-state index in [-0.39, 0.29) is 12.1 Å². The lowest BCUT2D eigenvalue weighted by molar-refractivity contribution is 0.224. The smallest absolute Gasteiger partial charge is 0.0639 e. The largest absolute Gasteiger partial charge is 0.396 e. The maximum atomic E-state index is 9.12. The highest BCUT2D eigenvalue weighted by Crippen LogP contribution is 2.29. The van der Waals surface area contributed by atoms with Crippen LogP contribution in [0.1, 0.15) is 20.3 Å². The van der Waals surface area contributed by atoms with Crippen molar-refractivity contribution in [3.05, 3.63) is 29.3 Å². The van der Waals surface area contributed by atoms with Crippen molar-refractivity contribution < 1.29 is 5.11 Å². The molecule has 100 valence electrons. The molecule has 1 heterocycles. The molecular weight excluding hydrogens is 248 g/mol. The molecular formula is C14H21ClN2O. The third-order valence-corrected chi connectivity index (χ3v) is 3.61. The Morgan fingerprint density at radius 2 is 2.17 bits per heavy atom. The number of hydrogen-bond donors (Lipinski definition) is 2. The number of hydrogen-bond acceptors (Lipinski definition) is 3. The molecule has 1 unspecified atom stereocenters. The summed E-state index contributed by atoms with van der Waals surface area (Å²) in [4.78, 5) is 2.30. The number of rotatable bonds is 3. The maximum absolute atomic E-state index is 9.12. The number of halogens is 1. The normalized spacial score (nSPS) is 23.1. The first-order valence-corrected chi connectivity index (χ1v) is 6.78. The topological polar surface area (TPSA) is 35.5 Å². The van der Waals surface area contributed by atoms with Gasteiger partial charge in [0.15, 0.2) is 0 Å². The molecule has 1 saturated heterocycles. The van der Waals surface area contributed by atoms with E-state index in [1.807, 2.05) is 18.2 Å². The fourth-order valence-electron chi connectivity index (χ4n) is 2.66. The quantitative estimate of drug-likeness (QED) is 0.883. The van der Waals surface area contributed by atoms with Crippen molar-refractivity contribution in [3.8, 4) is 0 Å². The third kappa shape index (κ3) is 3.16. The highest BCUT2D eigenvalue weighted by Gasteiger charge is 2.32. The summed E-state index contributed by atoms with van der Waals surface area (Å²) >= 11 is 6.26. The first-order valence-electron chi connectivity index (χ1n) is 6.40. The van der Waals surface area contributed by atoms with E-state index >= 15 is 0 Å². The zero-order valence-corrected chi connectivity index (χ0v) is 11.7. The number of piperazine rings is 1. The van der Waals surface area contributed by atoms with Gasteiger partial charge >= 0.3 is 0 Å². The average Bonchev–Trinajstić information content (AvgIpc) is 2.27. The number of anilines is 1. The van der Waals surface area contributed by atoms with Crippen LogP contribution in [0.25, 0.3) is 0 Å². The zero-order chi connectivity index (χ0) is 13.2. The zero-order valence-electron chi connectivity index (χ0n) is 11.0. The molecule has 1 aromatic rings. The van der Waals surface area contributed by atoms with Gasteiger partial charge in [-0.1, -0.05) is 23.7 Å². The van der Waals surface area contributed by atoms with E-state index in [2.05, 4.69) is 30.1 Å². The van der Waals surface area contributed by atoms with Crippen LogP contribution in [-0.2, 0) is 0 Å². The molecule has 1 aromatic carbocycles. The second-order valence-electron chi connectivity index (χ2n) is 5.57. The van der Waals surface area contributed by atoms with Crippen molar-refractivity contribution in [1.29, 1.82) is 0 Å². The van der Waals surface area contributed by atoms with E-state index in [4.69, 9.17) is 16.7 Å². The van der Waals surface area contributed by atoms with Gasteiger partial charge in [0.05, 0.1) is 10.7 Å². The Balaban J connectivity index is 2.20. The summed E-state index contributed by atoms with van der Waals surface area (Å²) in [6, 6.07) is 8.24. The van der Waals surface area contributed by atoms with Gasteiger partial charge < -0.3 is 15.3 Å². The monoisotopic (exact) mass is 268 g/mol. The highest BCUT2D eigenvalue weighted by atomic mass is 35.5. The van der Waals surface area contributed by atoms with Crippen LogP contribution in [0.2, 0.25) is 5.02 Å².